The van der Waals surface area contributed by atoms with Gasteiger partial charge in [0.25, 0.3) is 10.1 Å². The standard InChI is InChI=1S/C15H20BrNO3S/c1-11-3-2-8-17(11)13-9-14(10-13)20-21(18,19)15-6-4-12(16)5-7-15/h4-7,11,13-14H,2-3,8-10H2,1H3. The van der Waals surface area contributed by atoms with E-state index < -0.39 is 10.1 Å². The summed E-state index contributed by atoms with van der Waals surface area (Å²) in [4.78, 5) is 2.72. The molecular formula is C15H20BrNO3S. The number of nitrogens with zero attached hydrogens (tertiary/aromatic N) is 1. The summed E-state index contributed by atoms with van der Waals surface area (Å²) in [6.45, 7) is 3.39. The molecule has 1 saturated heterocycles. The molecule has 1 unspecified atom stereocenters. The van der Waals surface area contributed by atoms with Crippen molar-refractivity contribution in [2.45, 2.75) is 55.7 Å². The lowest BCUT2D eigenvalue weighted by Gasteiger charge is -2.42. The maximum atomic E-state index is 12.2. The Morgan fingerprint density at radius 3 is 2.48 bits per heavy atom. The molecule has 0 amide bonds. The van der Waals surface area contributed by atoms with Crippen LogP contribution in [0.4, 0.5) is 0 Å². The molecule has 1 atom stereocenters. The first-order valence-electron chi connectivity index (χ1n) is 7.40. The fourth-order valence-corrected chi connectivity index (χ4v) is 4.58. The second kappa shape index (κ2) is 5.99. The van der Waals surface area contributed by atoms with Crippen molar-refractivity contribution in [1.82, 2.24) is 4.90 Å². The van der Waals surface area contributed by atoms with E-state index in [0.29, 0.717) is 12.1 Å². The second-order valence-electron chi connectivity index (χ2n) is 5.98. The molecule has 0 spiro atoms. The van der Waals surface area contributed by atoms with Crippen LogP contribution in [0.5, 0.6) is 0 Å². The number of hydrogen-bond acceptors (Lipinski definition) is 4. The largest absolute Gasteiger partial charge is 0.298 e. The van der Waals surface area contributed by atoms with Gasteiger partial charge in [-0.15, -0.1) is 0 Å². The third-order valence-electron chi connectivity index (χ3n) is 4.51. The Bertz CT molecular complexity index is 596. The third-order valence-corrected chi connectivity index (χ3v) is 6.41. The molecule has 0 bridgehead atoms. The normalized spacial score (nSPS) is 30.3. The van der Waals surface area contributed by atoms with Gasteiger partial charge in [0.15, 0.2) is 0 Å². The molecule has 1 aliphatic heterocycles. The monoisotopic (exact) mass is 373 g/mol. The first-order valence-corrected chi connectivity index (χ1v) is 9.60. The van der Waals surface area contributed by atoms with Crippen LogP contribution in [-0.2, 0) is 14.3 Å². The van der Waals surface area contributed by atoms with Gasteiger partial charge in [0, 0.05) is 16.6 Å². The smallest absolute Gasteiger partial charge is 0.297 e. The molecule has 3 rings (SSSR count). The molecule has 1 aromatic rings. The van der Waals surface area contributed by atoms with E-state index in [-0.39, 0.29) is 11.0 Å². The van der Waals surface area contributed by atoms with Crippen LogP contribution >= 0.6 is 15.9 Å². The highest BCUT2D eigenvalue weighted by Gasteiger charge is 2.40. The van der Waals surface area contributed by atoms with Gasteiger partial charge in [0.2, 0.25) is 0 Å². The quantitative estimate of drug-likeness (QED) is 0.760. The number of likely N-dealkylation sites (tertiary alicyclic amines) is 1. The Morgan fingerprint density at radius 1 is 1.24 bits per heavy atom. The average Bonchev–Trinajstić information content (AvgIpc) is 2.80. The first kappa shape index (κ1) is 15.5. The minimum Gasteiger partial charge on any atom is -0.298 e. The highest BCUT2D eigenvalue weighted by molar-refractivity contribution is 9.10. The zero-order chi connectivity index (χ0) is 15.0. The van der Waals surface area contributed by atoms with E-state index in [9.17, 15) is 8.42 Å². The van der Waals surface area contributed by atoms with Crippen LogP contribution in [0, 0.1) is 0 Å². The van der Waals surface area contributed by atoms with Crippen molar-refractivity contribution in [2.75, 3.05) is 6.54 Å². The zero-order valence-corrected chi connectivity index (χ0v) is 14.4. The van der Waals surface area contributed by atoms with Gasteiger partial charge in [-0.25, -0.2) is 0 Å². The predicted molar refractivity (Wildman–Crippen MR) is 84.6 cm³/mol. The summed E-state index contributed by atoms with van der Waals surface area (Å²) in [5.41, 5.74) is 0. The van der Waals surface area contributed by atoms with Gasteiger partial charge in [-0.05, 0) is 63.4 Å². The second-order valence-corrected chi connectivity index (χ2v) is 8.47. The summed E-state index contributed by atoms with van der Waals surface area (Å²) >= 11 is 3.30. The Labute approximate surface area is 134 Å². The van der Waals surface area contributed by atoms with E-state index in [2.05, 4.69) is 27.8 Å². The lowest BCUT2D eigenvalue weighted by molar-refractivity contribution is 0.0179. The van der Waals surface area contributed by atoms with E-state index in [0.717, 1.165) is 23.9 Å². The number of benzene rings is 1. The maximum Gasteiger partial charge on any atom is 0.297 e. The van der Waals surface area contributed by atoms with Gasteiger partial charge in [0.1, 0.15) is 0 Å². The molecule has 1 heterocycles. The van der Waals surface area contributed by atoms with Crippen molar-refractivity contribution in [3.05, 3.63) is 28.7 Å². The molecule has 2 aliphatic rings. The summed E-state index contributed by atoms with van der Waals surface area (Å²) < 4.78 is 30.6. The minimum atomic E-state index is -3.64. The Kier molecular flexibility index (Phi) is 4.41. The topological polar surface area (TPSA) is 46.6 Å². The van der Waals surface area contributed by atoms with Crippen LogP contribution in [0.15, 0.2) is 33.6 Å². The molecule has 2 fully saturated rings. The van der Waals surface area contributed by atoms with Crippen molar-refractivity contribution in [3.63, 3.8) is 0 Å². The van der Waals surface area contributed by atoms with Crippen LogP contribution in [0.3, 0.4) is 0 Å². The lowest BCUT2D eigenvalue weighted by atomic mass is 9.88. The fraction of sp³-hybridized carbons (Fsp3) is 0.600. The van der Waals surface area contributed by atoms with Gasteiger partial charge >= 0.3 is 0 Å². The third kappa shape index (κ3) is 3.33. The van der Waals surface area contributed by atoms with Gasteiger partial charge < -0.3 is 0 Å². The molecule has 0 radical (unpaired) electrons. The molecule has 1 aliphatic carbocycles. The molecule has 1 aromatic carbocycles. The van der Waals surface area contributed by atoms with Crippen LogP contribution < -0.4 is 0 Å². The van der Waals surface area contributed by atoms with Gasteiger partial charge in [-0.2, -0.15) is 8.42 Å². The van der Waals surface area contributed by atoms with Crippen molar-refractivity contribution in [2.24, 2.45) is 0 Å². The SMILES string of the molecule is CC1CCCN1C1CC(OS(=O)(=O)c2ccc(Br)cc2)C1. The van der Waals surface area contributed by atoms with E-state index in [1.54, 1.807) is 24.3 Å². The minimum absolute atomic E-state index is 0.170. The molecule has 21 heavy (non-hydrogen) atoms. The van der Waals surface area contributed by atoms with Crippen molar-refractivity contribution >= 4 is 26.0 Å². The summed E-state index contributed by atoms with van der Waals surface area (Å²) in [6, 6.07) is 7.68. The highest BCUT2D eigenvalue weighted by atomic mass is 79.9. The summed E-state index contributed by atoms with van der Waals surface area (Å²) in [7, 11) is -3.64. The molecule has 116 valence electrons. The molecule has 0 N–H and O–H groups in total. The maximum absolute atomic E-state index is 12.2. The Hall–Kier alpha value is -0.430. The van der Waals surface area contributed by atoms with E-state index >= 15 is 0 Å². The molecular weight excluding hydrogens is 354 g/mol. The zero-order valence-electron chi connectivity index (χ0n) is 12.0. The average molecular weight is 374 g/mol. The summed E-state index contributed by atoms with van der Waals surface area (Å²) in [5.74, 6) is 0. The molecule has 1 saturated carbocycles. The van der Waals surface area contributed by atoms with E-state index in [1.165, 1.54) is 12.8 Å². The van der Waals surface area contributed by atoms with Crippen molar-refractivity contribution in [3.8, 4) is 0 Å². The van der Waals surface area contributed by atoms with Crippen LogP contribution in [-0.4, -0.2) is 38.1 Å². The van der Waals surface area contributed by atoms with Gasteiger partial charge in [-0.1, -0.05) is 15.9 Å². The lowest BCUT2D eigenvalue weighted by Crippen LogP contribution is -2.49. The fourth-order valence-electron chi connectivity index (χ4n) is 3.22. The summed E-state index contributed by atoms with van der Waals surface area (Å²) in [6.07, 6.45) is 3.97. The van der Waals surface area contributed by atoms with Crippen LogP contribution in [0.1, 0.15) is 32.6 Å². The predicted octanol–water partition coefficient (Wildman–Crippen LogP) is 3.17. The Morgan fingerprint density at radius 2 is 1.90 bits per heavy atom. The highest BCUT2D eigenvalue weighted by Crippen LogP contribution is 2.35. The van der Waals surface area contributed by atoms with Crippen molar-refractivity contribution < 1.29 is 12.6 Å². The molecule has 6 heteroatoms. The van der Waals surface area contributed by atoms with Crippen LogP contribution in [0.25, 0.3) is 0 Å². The van der Waals surface area contributed by atoms with E-state index in [4.69, 9.17) is 4.18 Å². The molecule has 4 nitrogen and oxygen atoms in total. The van der Waals surface area contributed by atoms with E-state index in [1.807, 2.05) is 0 Å². The van der Waals surface area contributed by atoms with Gasteiger partial charge in [0.05, 0.1) is 11.0 Å². The van der Waals surface area contributed by atoms with Gasteiger partial charge in [-0.3, -0.25) is 9.08 Å². The first-order chi connectivity index (χ1) is 9.95. The number of halogens is 1. The molecule has 0 aromatic heterocycles. The number of hydrogen-bond donors (Lipinski definition) is 0. The Balaban J connectivity index is 1.57. The van der Waals surface area contributed by atoms with Crippen LogP contribution in [0.2, 0.25) is 0 Å². The van der Waals surface area contributed by atoms with Crippen molar-refractivity contribution in [1.29, 1.82) is 0 Å². The number of rotatable bonds is 4. The summed E-state index contributed by atoms with van der Waals surface area (Å²) in [5, 5.41) is 0.